The van der Waals surface area contributed by atoms with E-state index in [4.69, 9.17) is 11.6 Å². The first-order valence-corrected chi connectivity index (χ1v) is 5.30. The number of imide groups is 1. The first-order chi connectivity index (χ1) is 6.66. The van der Waals surface area contributed by atoms with E-state index in [0.717, 1.165) is 37.3 Å². The quantitative estimate of drug-likeness (QED) is 0.527. The van der Waals surface area contributed by atoms with Crippen LogP contribution in [0.25, 0.3) is 0 Å². The van der Waals surface area contributed by atoms with Gasteiger partial charge in [0.1, 0.15) is 0 Å². The largest absolute Gasteiger partial charge is 0.327 e. The standard InChI is InChI=1S/C9H15ClN2O2/c1-2-5-12(8(10)13)9(14)11-6-3-4-7-11/h2-7H2,1H3. The molecule has 0 spiro atoms. The van der Waals surface area contributed by atoms with E-state index >= 15 is 0 Å². The first kappa shape index (κ1) is 11.3. The third-order valence-corrected chi connectivity index (χ3v) is 2.47. The molecule has 0 N–H and O–H groups in total. The Bertz CT molecular complexity index is 227. The van der Waals surface area contributed by atoms with Crippen molar-refractivity contribution in [2.24, 2.45) is 0 Å². The topological polar surface area (TPSA) is 40.6 Å². The summed E-state index contributed by atoms with van der Waals surface area (Å²) in [4.78, 5) is 25.5. The monoisotopic (exact) mass is 218 g/mol. The molecule has 0 radical (unpaired) electrons. The molecular weight excluding hydrogens is 204 g/mol. The van der Waals surface area contributed by atoms with Gasteiger partial charge in [0.15, 0.2) is 0 Å². The summed E-state index contributed by atoms with van der Waals surface area (Å²) in [5, 5.41) is -0.677. The third kappa shape index (κ3) is 2.61. The van der Waals surface area contributed by atoms with Crippen LogP contribution in [0.5, 0.6) is 0 Å². The lowest BCUT2D eigenvalue weighted by Crippen LogP contribution is -2.43. The maximum absolute atomic E-state index is 11.7. The van der Waals surface area contributed by atoms with Gasteiger partial charge in [-0.1, -0.05) is 6.92 Å². The number of hydrogen-bond donors (Lipinski definition) is 0. The summed E-state index contributed by atoms with van der Waals surface area (Å²) in [7, 11) is 0. The fraction of sp³-hybridized carbons (Fsp3) is 0.778. The number of halogens is 1. The van der Waals surface area contributed by atoms with Crippen LogP contribution in [-0.4, -0.2) is 40.8 Å². The van der Waals surface area contributed by atoms with Crippen molar-refractivity contribution < 1.29 is 9.59 Å². The highest BCUT2D eigenvalue weighted by molar-refractivity contribution is 6.64. The van der Waals surface area contributed by atoms with E-state index in [0.29, 0.717) is 6.54 Å². The number of urea groups is 1. The van der Waals surface area contributed by atoms with E-state index in [1.165, 1.54) is 0 Å². The zero-order valence-electron chi connectivity index (χ0n) is 8.33. The SMILES string of the molecule is CCCN(C(=O)Cl)C(=O)N1CCCC1. The summed E-state index contributed by atoms with van der Waals surface area (Å²) in [6.07, 6.45) is 2.77. The summed E-state index contributed by atoms with van der Waals surface area (Å²) in [6.45, 7) is 3.79. The molecule has 1 aliphatic heterocycles. The number of amides is 3. The molecule has 3 amide bonds. The third-order valence-electron chi connectivity index (χ3n) is 2.27. The maximum atomic E-state index is 11.7. The van der Waals surface area contributed by atoms with Crippen LogP contribution in [0.1, 0.15) is 26.2 Å². The van der Waals surface area contributed by atoms with Gasteiger partial charge in [-0.2, -0.15) is 0 Å². The maximum Gasteiger partial charge on any atom is 0.327 e. The molecule has 1 heterocycles. The Hall–Kier alpha value is -0.770. The molecule has 0 aromatic rings. The van der Waals surface area contributed by atoms with Gasteiger partial charge in [-0.3, -0.25) is 9.69 Å². The van der Waals surface area contributed by atoms with E-state index in [-0.39, 0.29) is 6.03 Å². The van der Waals surface area contributed by atoms with Gasteiger partial charge >= 0.3 is 11.4 Å². The molecule has 0 aliphatic carbocycles. The van der Waals surface area contributed by atoms with Gasteiger partial charge in [-0.15, -0.1) is 0 Å². The Labute approximate surface area is 88.8 Å². The summed E-state index contributed by atoms with van der Waals surface area (Å²) < 4.78 is 0. The minimum atomic E-state index is -0.677. The predicted octanol–water partition coefficient (Wildman–Crippen LogP) is 2.27. The van der Waals surface area contributed by atoms with Crippen molar-refractivity contribution in [1.29, 1.82) is 0 Å². The molecule has 14 heavy (non-hydrogen) atoms. The minimum Gasteiger partial charge on any atom is -0.324 e. The number of hydrogen-bond acceptors (Lipinski definition) is 2. The van der Waals surface area contributed by atoms with Crippen molar-refractivity contribution in [2.75, 3.05) is 19.6 Å². The van der Waals surface area contributed by atoms with Gasteiger partial charge in [-0.05, 0) is 30.9 Å². The van der Waals surface area contributed by atoms with Crippen LogP contribution in [-0.2, 0) is 0 Å². The summed E-state index contributed by atoms with van der Waals surface area (Å²) in [5.41, 5.74) is 0. The molecule has 4 nitrogen and oxygen atoms in total. The van der Waals surface area contributed by atoms with Crippen LogP contribution in [0.15, 0.2) is 0 Å². The molecule has 0 aromatic carbocycles. The highest BCUT2D eigenvalue weighted by atomic mass is 35.5. The number of carbonyl (C=O) groups excluding carboxylic acids is 2. The average Bonchev–Trinajstić information content (AvgIpc) is 2.65. The lowest BCUT2D eigenvalue weighted by molar-refractivity contribution is 0.170. The highest BCUT2D eigenvalue weighted by Crippen LogP contribution is 2.12. The van der Waals surface area contributed by atoms with Gasteiger partial charge in [-0.25, -0.2) is 4.79 Å². The lowest BCUT2D eigenvalue weighted by Gasteiger charge is -2.23. The molecule has 1 rings (SSSR count). The number of likely N-dealkylation sites (tertiary alicyclic amines) is 1. The Morgan fingerprint density at radius 2 is 1.93 bits per heavy atom. The second-order valence-corrected chi connectivity index (χ2v) is 3.70. The number of nitrogens with zero attached hydrogens (tertiary/aromatic N) is 2. The van der Waals surface area contributed by atoms with E-state index in [2.05, 4.69) is 0 Å². The van der Waals surface area contributed by atoms with E-state index < -0.39 is 5.37 Å². The van der Waals surface area contributed by atoms with Crippen LogP contribution < -0.4 is 0 Å². The summed E-state index contributed by atoms with van der Waals surface area (Å²) >= 11 is 5.34. The average molecular weight is 219 g/mol. The fourth-order valence-corrected chi connectivity index (χ4v) is 1.72. The smallest absolute Gasteiger partial charge is 0.324 e. The van der Waals surface area contributed by atoms with Crippen molar-refractivity contribution in [3.8, 4) is 0 Å². The van der Waals surface area contributed by atoms with Crippen molar-refractivity contribution in [3.05, 3.63) is 0 Å². The summed E-state index contributed by atoms with van der Waals surface area (Å²) in [5.74, 6) is 0. The Morgan fingerprint density at radius 3 is 2.36 bits per heavy atom. The van der Waals surface area contributed by atoms with Crippen LogP contribution in [0.4, 0.5) is 9.59 Å². The van der Waals surface area contributed by atoms with Gasteiger partial charge in [0, 0.05) is 19.6 Å². The van der Waals surface area contributed by atoms with Crippen molar-refractivity contribution in [1.82, 2.24) is 9.80 Å². The Kier molecular flexibility index (Phi) is 4.20. The van der Waals surface area contributed by atoms with Gasteiger partial charge in [0.2, 0.25) is 0 Å². The molecule has 0 aromatic heterocycles. The highest BCUT2D eigenvalue weighted by Gasteiger charge is 2.26. The molecule has 0 unspecified atom stereocenters. The molecule has 80 valence electrons. The van der Waals surface area contributed by atoms with Crippen molar-refractivity contribution >= 4 is 23.0 Å². The zero-order valence-corrected chi connectivity index (χ0v) is 9.09. The van der Waals surface area contributed by atoms with Crippen molar-refractivity contribution in [2.45, 2.75) is 26.2 Å². The van der Waals surface area contributed by atoms with E-state index in [1.807, 2.05) is 6.92 Å². The molecule has 5 heteroatoms. The van der Waals surface area contributed by atoms with Gasteiger partial charge in [0.25, 0.3) is 0 Å². The molecule has 1 aliphatic rings. The first-order valence-electron chi connectivity index (χ1n) is 4.92. The zero-order chi connectivity index (χ0) is 10.6. The van der Waals surface area contributed by atoms with Crippen molar-refractivity contribution in [3.63, 3.8) is 0 Å². The number of carbonyl (C=O) groups is 2. The molecule has 0 saturated carbocycles. The van der Waals surface area contributed by atoms with Crippen LogP contribution in [0, 0.1) is 0 Å². The second kappa shape index (κ2) is 5.20. The molecule has 1 fully saturated rings. The van der Waals surface area contributed by atoms with Crippen LogP contribution in [0.2, 0.25) is 0 Å². The van der Waals surface area contributed by atoms with Crippen LogP contribution >= 0.6 is 11.6 Å². The Balaban J connectivity index is 2.57. The fourth-order valence-electron chi connectivity index (χ4n) is 1.56. The van der Waals surface area contributed by atoms with E-state index in [1.54, 1.807) is 4.90 Å². The molecule has 0 bridgehead atoms. The molecule has 0 atom stereocenters. The predicted molar refractivity (Wildman–Crippen MR) is 54.4 cm³/mol. The molecule has 1 saturated heterocycles. The minimum absolute atomic E-state index is 0.246. The summed E-state index contributed by atoms with van der Waals surface area (Å²) in [6, 6.07) is -0.246. The normalized spacial score (nSPS) is 15.7. The van der Waals surface area contributed by atoms with Crippen LogP contribution in [0.3, 0.4) is 0 Å². The lowest BCUT2D eigenvalue weighted by atomic mass is 10.4. The Morgan fingerprint density at radius 1 is 1.36 bits per heavy atom. The molecular formula is C9H15ClN2O2. The van der Waals surface area contributed by atoms with Gasteiger partial charge in [0.05, 0.1) is 0 Å². The van der Waals surface area contributed by atoms with E-state index in [9.17, 15) is 9.59 Å². The second-order valence-electron chi connectivity index (χ2n) is 3.38. The number of rotatable bonds is 2. The van der Waals surface area contributed by atoms with Gasteiger partial charge < -0.3 is 4.90 Å².